The summed E-state index contributed by atoms with van der Waals surface area (Å²) in [4.78, 5) is 22.9. The van der Waals surface area contributed by atoms with E-state index >= 15 is 0 Å². The van der Waals surface area contributed by atoms with Gasteiger partial charge in [0, 0.05) is 17.8 Å². The summed E-state index contributed by atoms with van der Waals surface area (Å²) in [5.41, 5.74) is -0.449. The number of nitro groups is 1. The SMILES string of the molecule is N#C/C(=C/c1cc(Br)c(OCc2cccc([N+](=O)[O-])c2)c(Br)c1)C(=O)Nc1cccc(C(F)(F)F)c1. The minimum Gasteiger partial charge on any atom is -0.487 e. The number of non-ortho nitro benzene ring substituents is 1. The number of rotatable bonds is 7. The van der Waals surface area contributed by atoms with Gasteiger partial charge in [-0.2, -0.15) is 18.4 Å². The van der Waals surface area contributed by atoms with Crippen LogP contribution in [-0.4, -0.2) is 10.8 Å². The van der Waals surface area contributed by atoms with Crippen molar-refractivity contribution in [2.75, 3.05) is 5.32 Å². The summed E-state index contributed by atoms with van der Waals surface area (Å²) < 4.78 is 45.4. The number of nitro benzene ring substituents is 1. The molecule has 0 aliphatic rings. The number of nitrogens with one attached hydrogen (secondary N) is 1. The largest absolute Gasteiger partial charge is 0.487 e. The second-order valence-electron chi connectivity index (χ2n) is 7.23. The molecule has 0 atom stereocenters. The van der Waals surface area contributed by atoms with Crippen molar-refractivity contribution in [2.45, 2.75) is 12.8 Å². The third-order valence-electron chi connectivity index (χ3n) is 4.65. The number of carbonyl (C=O) groups excluding carboxylic acids is 1. The van der Waals surface area contributed by atoms with Gasteiger partial charge in [0.25, 0.3) is 11.6 Å². The second-order valence-corrected chi connectivity index (χ2v) is 8.94. The van der Waals surface area contributed by atoms with Crippen molar-refractivity contribution < 1.29 is 27.6 Å². The molecular weight excluding hydrogens is 611 g/mol. The number of nitrogens with zero attached hydrogens (tertiary/aromatic N) is 2. The molecule has 0 aliphatic heterocycles. The number of ether oxygens (including phenoxy) is 1. The number of hydrogen-bond donors (Lipinski definition) is 1. The van der Waals surface area contributed by atoms with Gasteiger partial charge in [-0.05, 0) is 79.4 Å². The van der Waals surface area contributed by atoms with E-state index in [0.717, 1.165) is 18.2 Å². The minimum atomic E-state index is -4.58. The molecule has 3 aromatic carbocycles. The number of amides is 1. The normalized spacial score (nSPS) is 11.5. The van der Waals surface area contributed by atoms with Crippen LogP contribution >= 0.6 is 31.9 Å². The Morgan fingerprint density at radius 1 is 1.11 bits per heavy atom. The van der Waals surface area contributed by atoms with Crippen LogP contribution in [0.15, 0.2) is 75.2 Å². The molecule has 0 radical (unpaired) electrons. The quantitative estimate of drug-likeness (QED) is 0.129. The Bertz CT molecular complexity index is 1380. The fourth-order valence-electron chi connectivity index (χ4n) is 3.00. The van der Waals surface area contributed by atoms with Crippen LogP contribution in [0.5, 0.6) is 5.75 Å². The van der Waals surface area contributed by atoms with Gasteiger partial charge in [-0.1, -0.05) is 18.2 Å². The summed E-state index contributed by atoms with van der Waals surface area (Å²) in [7, 11) is 0. The molecule has 0 bridgehead atoms. The number of benzene rings is 3. The highest BCUT2D eigenvalue weighted by atomic mass is 79.9. The van der Waals surface area contributed by atoms with Crippen molar-refractivity contribution in [2.24, 2.45) is 0 Å². The Labute approximate surface area is 219 Å². The van der Waals surface area contributed by atoms with Gasteiger partial charge in [-0.25, -0.2) is 0 Å². The zero-order valence-corrected chi connectivity index (χ0v) is 21.1. The first-order chi connectivity index (χ1) is 17.0. The zero-order chi connectivity index (χ0) is 26.5. The lowest BCUT2D eigenvalue weighted by atomic mass is 10.1. The highest BCUT2D eigenvalue weighted by Crippen LogP contribution is 2.36. The molecule has 0 saturated carbocycles. The van der Waals surface area contributed by atoms with E-state index in [-0.39, 0.29) is 23.6 Å². The number of halogens is 5. The Balaban J connectivity index is 1.77. The zero-order valence-electron chi connectivity index (χ0n) is 18.0. The van der Waals surface area contributed by atoms with Gasteiger partial charge in [0.05, 0.1) is 19.4 Å². The van der Waals surface area contributed by atoms with Crippen molar-refractivity contribution in [3.8, 4) is 11.8 Å². The first kappa shape index (κ1) is 26.9. The monoisotopic (exact) mass is 623 g/mol. The van der Waals surface area contributed by atoms with Gasteiger partial charge in [-0.15, -0.1) is 0 Å². The van der Waals surface area contributed by atoms with Gasteiger partial charge in [-0.3, -0.25) is 14.9 Å². The van der Waals surface area contributed by atoms with Crippen molar-refractivity contribution in [3.63, 3.8) is 0 Å². The molecule has 36 heavy (non-hydrogen) atoms. The summed E-state index contributed by atoms with van der Waals surface area (Å²) in [5, 5.41) is 22.7. The van der Waals surface area contributed by atoms with E-state index in [4.69, 9.17) is 4.74 Å². The summed E-state index contributed by atoms with van der Waals surface area (Å²) in [5.74, 6) is -0.499. The molecule has 1 amide bonds. The second kappa shape index (κ2) is 11.4. The van der Waals surface area contributed by atoms with Crippen LogP contribution in [0, 0.1) is 21.4 Å². The molecule has 0 aliphatic carbocycles. The van der Waals surface area contributed by atoms with E-state index in [1.54, 1.807) is 30.3 Å². The molecule has 3 aromatic rings. The maximum absolute atomic E-state index is 12.9. The Kier molecular flexibility index (Phi) is 8.49. The van der Waals surface area contributed by atoms with E-state index < -0.39 is 22.6 Å². The van der Waals surface area contributed by atoms with Crippen molar-refractivity contribution in [1.29, 1.82) is 5.26 Å². The Hall–Kier alpha value is -3.69. The van der Waals surface area contributed by atoms with Gasteiger partial charge < -0.3 is 10.1 Å². The van der Waals surface area contributed by atoms with Crippen LogP contribution in [0.25, 0.3) is 6.08 Å². The number of hydrogen-bond acceptors (Lipinski definition) is 5. The number of anilines is 1. The van der Waals surface area contributed by atoms with Gasteiger partial charge in [0.1, 0.15) is 24.0 Å². The van der Waals surface area contributed by atoms with Crippen molar-refractivity contribution >= 4 is 55.2 Å². The van der Waals surface area contributed by atoms with E-state index in [1.807, 2.05) is 0 Å². The Morgan fingerprint density at radius 3 is 2.39 bits per heavy atom. The molecule has 0 unspecified atom stereocenters. The average Bonchev–Trinajstić information content (AvgIpc) is 2.81. The molecule has 0 fully saturated rings. The van der Waals surface area contributed by atoms with E-state index in [1.165, 1.54) is 24.3 Å². The average molecular weight is 625 g/mol. The molecule has 3 rings (SSSR count). The van der Waals surface area contributed by atoms with Crippen molar-refractivity contribution in [1.82, 2.24) is 0 Å². The van der Waals surface area contributed by atoms with E-state index in [9.17, 15) is 33.3 Å². The first-order valence-corrected chi connectivity index (χ1v) is 11.5. The number of carbonyl (C=O) groups is 1. The molecule has 1 N–H and O–H groups in total. The molecule has 7 nitrogen and oxygen atoms in total. The van der Waals surface area contributed by atoms with Crippen LogP contribution in [0.4, 0.5) is 24.5 Å². The van der Waals surface area contributed by atoms with Gasteiger partial charge in [0.2, 0.25) is 0 Å². The standard InChI is InChI=1S/C24H14Br2F3N3O4/c25-20-9-15(10-21(26)22(20)36-13-14-3-1-6-19(8-14)32(34)35)7-16(12-30)23(33)31-18-5-2-4-17(11-18)24(27,28)29/h1-11H,13H2,(H,31,33)/b16-7-. The fraction of sp³-hybridized carbons (Fsp3) is 0.0833. The minimum absolute atomic E-state index is 0.0386. The molecule has 184 valence electrons. The third kappa shape index (κ3) is 6.93. The highest BCUT2D eigenvalue weighted by Gasteiger charge is 2.30. The highest BCUT2D eigenvalue weighted by molar-refractivity contribution is 9.11. The van der Waals surface area contributed by atoms with Crippen LogP contribution < -0.4 is 10.1 Å². The first-order valence-electron chi connectivity index (χ1n) is 9.93. The molecule has 0 heterocycles. The number of alkyl halides is 3. The number of nitriles is 1. The lowest BCUT2D eigenvalue weighted by Crippen LogP contribution is -2.14. The van der Waals surface area contributed by atoms with E-state index in [0.29, 0.717) is 25.8 Å². The van der Waals surface area contributed by atoms with Gasteiger partial charge in [0.15, 0.2) is 0 Å². The molecule has 0 spiro atoms. The predicted molar refractivity (Wildman–Crippen MR) is 133 cm³/mol. The van der Waals surface area contributed by atoms with Crippen LogP contribution in [0.1, 0.15) is 16.7 Å². The topological polar surface area (TPSA) is 105 Å². The molecule has 0 aromatic heterocycles. The maximum Gasteiger partial charge on any atom is 0.416 e. The summed E-state index contributed by atoms with van der Waals surface area (Å²) in [6.07, 6.45) is -3.31. The molecular formula is C24H14Br2F3N3O4. The van der Waals surface area contributed by atoms with E-state index in [2.05, 4.69) is 37.2 Å². The molecule has 0 saturated heterocycles. The van der Waals surface area contributed by atoms with Crippen LogP contribution in [0.3, 0.4) is 0 Å². The summed E-state index contributed by atoms with van der Waals surface area (Å²) >= 11 is 6.71. The lowest BCUT2D eigenvalue weighted by molar-refractivity contribution is -0.384. The lowest BCUT2D eigenvalue weighted by Gasteiger charge is -2.12. The third-order valence-corrected chi connectivity index (χ3v) is 5.83. The van der Waals surface area contributed by atoms with Crippen LogP contribution in [-0.2, 0) is 17.6 Å². The van der Waals surface area contributed by atoms with Crippen molar-refractivity contribution in [3.05, 3.63) is 102 Å². The fourth-order valence-corrected chi connectivity index (χ4v) is 4.45. The Morgan fingerprint density at radius 2 is 1.78 bits per heavy atom. The summed E-state index contributed by atoms with van der Waals surface area (Å²) in [6.45, 7) is 0.0386. The maximum atomic E-state index is 12.9. The predicted octanol–water partition coefficient (Wildman–Crippen LogP) is 7.26. The molecule has 12 heteroatoms. The van der Waals surface area contributed by atoms with Crippen LogP contribution in [0.2, 0.25) is 0 Å². The van der Waals surface area contributed by atoms with Gasteiger partial charge >= 0.3 is 6.18 Å². The smallest absolute Gasteiger partial charge is 0.416 e. The summed E-state index contributed by atoms with van der Waals surface area (Å²) in [6, 6.07) is 14.9.